The highest BCUT2D eigenvalue weighted by Gasteiger charge is 2.23. The summed E-state index contributed by atoms with van der Waals surface area (Å²) in [5.74, 6) is 0.617. The highest BCUT2D eigenvalue weighted by Crippen LogP contribution is 2.33. The van der Waals surface area contributed by atoms with Gasteiger partial charge in [0.25, 0.3) is 0 Å². The molecule has 0 unspecified atom stereocenters. The van der Waals surface area contributed by atoms with E-state index in [0.29, 0.717) is 12.2 Å². The molecule has 0 saturated heterocycles. The van der Waals surface area contributed by atoms with Crippen LogP contribution in [0.15, 0.2) is 48.8 Å². The van der Waals surface area contributed by atoms with Gasteiger partial charge in [0.1, 0.15) is 5.82 Å². The highest BCUT2D eigenvalue weighted by molar-refractivity contribution is 6.00. The topological polar surface area (TPSA) is 66.9 Å². The molecule has 0 spiro atoms. The van der Waals surface area contributed by atoms with Gasteiger partial charge in [-0.05, 0) is 53.9 Å². The molecule has 0 aliphatic carbocycles. The predicted molar refractivity (Wildman–Crippen MR) is 99.5 cm³/mol. The van der Waals surface area contributed by atoms with Crippen molar-refractivity contribution in [3.8, 4) is 22.4 Å². The second kappa shape index (κ2) is 6.02. The molecular formula is C20H18N4O. The molecule has 124 valence electrons. The molecule has 2 aromatic heterocycles. The summed E-state index contributed by atoms with van der Waals surface area (Å²) >= 11 is 0. The van der Waals surface area contributed by atoms with Gasteiger partial charge in [-0.2, -0.15) is 0 Å². The normalized spacial score (nSPS) is 12.6. The lowest BCUT2D eigenvalue weighted by Crippen LogP contribution is -2.04. The van der Waals surface area contributed by atoms with E-state index in [1.807, 2.05) is 25.4 Å². The number of rotatable bonds is 3. The van der Waals surface area contributed by atoms with Gasteiger partial charge in [0.2, 0.25) is 5.91 Å². The zero-order valence-electron chi connectivity index (χ0n) is 14.1. The van der Waals surface area contributed by atoms with E-state index < -0.39 is 0 Å². The molecule has 2 N–H and O–H groups in total. The number of carbonyl (C=O) groups is 1. The van der Waals surface area contributed by atoms with Gasteiger partial charge in [-0.25, -0.2) is 4.98 Å². The number of nitrogens with zero attached hydrogens (tertiary/aromatic N) is 2. The largest absolute Gasteiger partial charge is 0.388 e. The number of aromatic nitrogens is 2. The van der Waals surface area contributed by atoms with Crippen LogP contribution in [0.3, 0.4) is 0 Å². The number of nitrogens with one attached hydrogen (secondary N) is 2. The van der Waals surface area contributed by atoms with Crippen molar-refractivity contribution >= 4 is 17.4 Å². The first-order valence-electron chi connectivity index (χ1n) is 8.18. The van der Waals surface area contributed by atoms with E-state index in [9.17, 15) is 4.79 Å². The van der Waals surface area contributed by atoms with Crippen molar-refractivity contribution in [3.05, 3.63) is 59.9 Å². The lowest BCUT2D eigenvalue weighted by molar-refractivity contribution is -0.115. The molecule has 0 radical (unpaired) electrons. The van der Waals surface area contributed by atoms with Crippen LogP contribution in [0.4, 0.5) is 11.5 Å². The highest BCUT2D eigenvalue weighted by atomic mass is 16.1. The first-order chi connectivity index (χ1) is 12.2. The summed E-state index contributed by atoms with van der Waals surface area (Å²) in [6, 6.07) is 12.3. The number of carbonyl (C=O) groups excluding carboxylic acids is 1. The number of benzene rings is 1. The fourth-order valence-electron chi connectivity index (χ4n) is 3.19. The van der Waals surface area contributed by atoms with Gasteiger partial charge in [-0.3, -0.25) is 9.78 Å². The van der Waals surface area contributed by atoms with Gasteiger partial charge in [0.05, 0.1) is 12.1 Å². The average Bonchev–Trinajstić information content (AvgIpc) is 3.02. The quantitative estimate of drug-likeness (QED) is 0.769. The Hall–Kier alpha value is -3.21. The molecule has 1 aliphatic heterocycles. The molecule has 1 aliphatic rings. The molecule has 5 heteroatoms. The van der Waals surface area contributed by atoms with Crippen molar-refractivity contribution in [1.82, 2.24) is 9.97 Å². The first-order valence-corrected chi connectivity index (χ1v) is 8.18. The standard InChI is InChI=1S/C20H18N4O/c1-12-3-4-14(21-2)10-16(12)13-5-7-22-18(9-13)15-6-8-23-20-17(15)11-19(25)24-20/h3-10,21H,11H2,1-2H3,(H,23,24,25). The maximum atomic E-state index is 11.7. The number of pyridine rings is 2. The minimum atomic E-state index is -0.0244. The van der Waals surface area contributed by atoms with E-state index >= 15 is 0 Å². The summed E-state index contributed by atoms with van der Waals surface area (Å²) in [6.45, 7) is 2.10. The Morgan fingerprint density at radius 1 is 1.04 bits per heavy atom. The van der Waals surface area contributed by atoms with Gasteiger partial charge in [-0.15, -0.1) is 0 Å². The number of hydrogen-bond donors (Lipinski definition) is 2. The molecule has 1 aromatic carbocycles. The summed E-state index contributed by atoms with van der Waals surface area (Å²) in [7, 11) is 1.91. The van der Waals surface area contributed by atoms with Crippen molar-refractivity contribution in [2.24, 2.45) is 0 Å². The van der Waals surface area contributed by atoms with E-state index in [4.69, 9.17) is 0 Å². The minimum absolute atomic E-state index is 0.0244. The lowest BCUT2D eigenvalue weighted by atomic mass is 9.97. The Balaban J connectivity index is 1.82. The van der Waals surface area contributed by atoms with Gasteiger partial charge < -0.3 is 10.6 Å². The third-order valence-corrected chi connectivity index (χ3v) is 4.52. The van der Waals surface area contributed by atoms with E-state index in [1.165, 1.54) is 5.56 Å². The molecule has 0 bridgehead atoms. The van der Waals surface area contributed by atoms with Crippen LogP contribution in [-0.4, -0.2) is 22.9 Å². The molecule has 4 rings (SSSR count). The van der Waals surface area contributed by atoms with Crippen molar-refractivity contribution in [2.75, 3.05) is 17.7 Å². The van der Waals surface area contributed by atoms with Gasteiger partial charge in [-0.1, -0.05) is 6.07 Å². The fourth-order valence-corrected chi connectivity index (χ4v) is 3.19. The summed E-state index contributed by atoms with van der Waals surface area (Å²) in [6.07, 6.45) is 3.87. The monoisotopic (exact) mass is 330 g/mol. The molecule has 3 aromatic rings. The zero-order chi connectivity index (χ0) is 17.4. The number of amides is 1. The van der Waals surface area contributed by atoms with Gasteiger partial charge in [0, 0.05) is 36.3 Å². The van der Waals surface area contributed by atoms with E-state index in [2.05, 4.69) is 51.8 Å². The zero-order valence-corrected chi connectivity index (χ0v) is 14.1. The average molecular weight is 330 g/mol. The fraction of sp³-hybridized carbons (Fsp3) is 0.150. The molecule has 0 fully saturated rings. The Kier molecular flexibility index (Phi) is 3.69. The van der Waals surface area contributed by atoms with Gasteiger partial charge in [0.15, 0.2) is 0 Å². The molecule has 0 atom stereocenters. The van der Waals surface area contributed by atoms with Crippen LogP contribution < -0.4 is 10.6 Å². The van der Waals surface area contributed by atoms with Crippen LogP contribution in [0.2, 0.25) is 0 Å². The first kappa shape index (κ1) is 15.3. The summed E-state index contributed by atoms with van der Waals surface area (Å²) in [5, 5.41) is 5.97. The third-order valence-electron chi connectivity index (χ3n) is 4.52. The van der Waals surface area contributed by atoms with Crippen LogP contribution in [0.25, 0.3) is 22.4 Å². The number of fused-ring (bicyclic) bond motifs is 1. The van der Waals surface area contributed by atoms with E-state index in [1.54, 1.807) is 6.20 Å². The van der Waals surface area contributed by atoms with Crippen LogP contribution in [0.1, 0.15) is 11.1 Å². The van der Waals surface area contributed by atoms with Crippen LogP contribution in [0.5, 0.6) is 0 Å². The van der Waals surface area contributed by atoms with E-state index in [0.717, 1.165) is 33.6 Å². The Morgan fingerprint density at radius 3 is 2.72 bits per heavy atom. The summed E-state index contributed by atoms with van der Waals surface area (Å²) in [5.41, 5.74) is 7.25. The van der Waals surface area contributed by atoms with Crippen molar-refractivity contribution in [3.63, 3.8) is 0 Å². The maximum absolute atomic E-state index is 11.7. The number of hydrogen-bond acceptors (Lipinski definition) is 4. The van der Waals surface area contributed by atoms with Crippen LogP contribution in [0, 0.1) is 6.92 Å². The lowest BCUT2D eigenvalue weighted by Gasteiger charge is -2.11. The number of anilines is 2. The van der Waals surface area contributed by atoms with Crippen molar-refractivity contribution in [1.29, 1.82) is 0 Å². The third kappa shape index (κ3) is 2.74. The second-order valence-electron chi connectivity index (χ2n) is 6.12. The van der Waals surface area contributed by atoms with Crippen molar-refractivity contribution in [2.45, 2.75) is 13.3 Å². The second-order valence-corrected chi connectivity index (χ2v) is 6.12. The summed E-state index contributed by atoms with van der Waals surface area (Å²) in [4.78, 5) is 20.5. The van der Waals surface area contributed by atoms with Crippen molar-refractivity contribution < 1.29 is 4.79 Å². The maximum Gasteiger partial charge on any atom is 0.230 e. The summed E-state index contributed by atoms with van der Waals surface area (Å²) < 4.78 is 0. The van der Waals surface area contributed by atoms with E-state index in [-0.39, 0.29) is 5.91 Å². The molecule has 1 amide bonds. The Labute approximate surface area is 146 Å². The Bertz CT molecular complexity index is 981. The number of aryl methyl sites for hydroxylation is 1. The smallest absolute Gasteiger partial charge is 0.230 e. The molecule has 3 heterocycles. The molecule has 25 heavy (non-hydrogen) atoms. The minimum Gasteiger partial charge on any atom is -0.388 e. The predicted octanol–water partition coefficient (Wildman–Crippen LogP) is 3.66. The Morgan fingerprint density at radius 2 is 1.88 bits per heavy atom. The SMILES string of the molecule is CNc1ccc(C)c(-c2ccnc(-c3ccnc4c3CC(=O)N4)c2)c1. The van der Waals surface area contributed by atoms with Gasteiger partial charge >= 0.3 is 0 Å². The van der Waals surface area contributed by atoms with Crippen LogP contribution in [-0.2, 0) is 11.2 Å². The molecular weight excluding hydrogens is 312 g/mol. The van der Waals surface area contributed by atoms with Crippen LogP contribution >= 0.6 is 0 Å². The molecule has 0 saturated carbocycles. The molecule has 5 nitrogen and oxygen atoms in total.